The predicted octanol–water partition coefficient (Wildman–Crippen LogP) is 4.77. The Labute approximate surface area is 132 Å². The molecule has 3 nitrogen and oxygen atoms in total. The van der Waals surface area contributed by atoms with Crippen molar-refractivity contribution in [2.45, 2.75) is 13.3 Å². The third kappa shape index (κ3) is 3.27. The molecular weight excluding hydrogens is 397 g/mol. The number of halogens is 3. The Morgan fingerprint density at radius 2 is 2.11 bits per heavy atom. The standard InChI is InChI=1S/C13H10Br2ClNO2/c1-2-7(18)6-19-13-10(15)5-9(14)8-3-4-11(16)17-12(8)13/h3-5H,2,6H2,1H3. The molecule has 0 bridgehead atoms. The molecule has 100 valence electrons. The zero-order chi connectivity index (χ0) is 14.0. The van der Waals surface area contributed by atoms with E-state index in [0.29, 0.717) is 22.8 Å². The minimum Gasteiger partial charge on any atom is -0.482 e. The number of aromatic nitrogens is 1. The zero-order valence-electron chi connectivity index (χ0n) is 10.0. The Bertz CT molecular complexity index is 646. The van der Waals surface area contributed by atoms with E-state index in [1.807, 2.05) is 12.1 Å². The van der Waals surface area contributed by atoms with Crippen LogP contribution in [0.25, 0.3) is 10.9 Å². The van der Waals surface area contributed by atoms with Gasteiger partial charge in [0.25, 0.3) is 0 Å². The van der Waals surface area contributed by atoms with E-state index in [4.69, 9.17) is 16.3 Å². The smallest absolute Gasteiger partial charge is 0.169 e. The van der Waals surface area contributed by atoms with E-state index in [9.17, 15) is 4.79 Å². The lowest BCUT2D eigenvalue weighted by atomic mass is 10.2. The van der Waals surface area contributed by atoms with E-state index < -0.39 is 0 Å². The average molecular weight is 407 g/mol. The fourth-order valence-corrected chi connectivity index (χ4v) is 3.10. The average Bonchev–Trinajstić information content (AvgIpc) is 2.37. The number of ether oxygens (including phenoxy) is 1. The second-order valence-electron chi connectivity index (χ2n) is 3.88. The Hall–Kier alpha value is -0.650. The molecule has 0 spiro atoms. The van der Waals surface area contributed by atoms with Gasteiger partial charge in [0.2, 0.25) is 0 Å². The summed E-state index contributed by atoms with van der Waals surface area (Å²) in [5.74, 6) is 0.562. The van der Waals surface area contributed by atoms with Crippen molar-refractivity contribution in [1.82, 2.24) is 4.98 Å². The van der Waals surface area contributed by atoms with Gasteiger partial charge in [-0.25, -0.2) is 4.98 Å². The largest absolute Gasteiger partial charge is 0.482 e. The molecule has 0 aliphatic heterocycles. The maximum atomic E-state index is 11.4. The molecule has 0 N–H and O–H groups in total. The van der Waals surface area contributed by atoms with Crippen molar-refractivity contribution in [2.75, 3.05) is 6.61 Å². The molecule has 6 heteroatoms. The van der Waals surface area contributed by atoms with Crippen LogP contribution in [0.1, 0.15) is 13.3 Å². The molecule has 0 fully saturated rings. The van der Waals surface area contributed by atoms with Crippen molar-refractivity contribution in [1.29, 1.82) is 0 Å². The van der Waals surface area contributed by atoms with Gasteiger partial charge in [-0.2, -0.15) is 0 Å². The second kappa shape index (κ2) is 6.20. The molecule has 0 amide bonds. The van der Waals surface area contributed by atoms with Crippen molar-refractivity contribution in [3.63, 3.8) is 0 Å². The predicted molar refractivity (Wildman–Crippen MR) is 82.9 cm³/mol. The first-order valence-electron chi connectivity index (χ1n) is 5.61. The molecule has 1 heterocycles. The third-order valence-corrected chi connectivity index (χ3v) is 4.03. The Morgan fingerprint density at radius 1 is 1.37 bits per heavy atom. The normalized spacial score (nSPS) is 10.7. The van der Waals surface area contributed by atoms with Crippen molar-refractivity contribution in [3.8, 4) is 5.75 Å². The molecular formula is C13H10Br2ClNO2. The summed E-state index contributed by atoms with van der Waals surface area (Å²) in [4.78, 5) is 15.6. The SMILES string of the molecule is CCC(=O)COc1c(Br)cc(Br)c2ccc(Cl)nc12. The maximum absolute atomic E-state index is 11.4. The topological polar surface area (TPSA) is 39.2 Å². The van der Waals surface area contributed by atoms with Crippen LogP contribution < -0.4 is 4.74 Å². The van der Waals surface area contributed by atoms with Crippen LogP contribution >= 0.6 is 43.5 Å². The number of hydrogen-bond acceptors (Lipinski definition) is 3. The molecule has 0 aliphatic carbocycles. The van der Waals surface area contributed by atoms with Crippen molar-refractivity contribution in [2.24, 2.45) is 0 Å². The number of benzene rings is 1. The zero-order valence-corrected chi connectivity index (χ0v) is 14.0. The van der Waals surface area contributed by atoms with Crippen molar-refractivity contribution < 1.29 is 9.53 Å². The molecule has 0 aliphatic rings. The number of Topliss-reactive ketones (excluding diaryl/α,β-unsaturated/α-hetero) is 1. The van der Waals surface area contributed by atoms with E-state index in [0.717, 1.165) is 14.3 Å². The minimum absolute atomic E-state index is 0.0278. The number of nitrogens with zero attached hydrogens (tertiary/aromatic N) is 1. The number of fused-ring (bicyclic) bond motifs is 1. The van der Waals surface area contributed by atoms with Gasteiger partial charge in [-0.3, -0.25) is 4.79 Å². The molecule has 1 aromatic carbocycles. The van der Waals surface area contributed by atoms with E-state index in [1.54, 1.807) is 13.0 Å². The molecule has 2 aromatic rings. The molecule has 0 saturated heterocycles. The minimum atomic E-state index is 0.0278. The quantitative estimate of drug-likeness (QED) is 0.686. The summed E-state index contributed by atoms with van der Waals surface area (Å²) >= 11 is 12.8. The summed E-state index contributed by atoms with van der Waals surface area (Å²) < 4.78 is 7.18. The summed E-state index contributed by atoms with van der Waals surface area (Å²) in [6.07, 6.45) is 0.445. The molecule has 0 atom stereocenters. The first-order chi connectivity index (χ1) is 9.02. The summed E-state index contributed by atoms with van der Waals surface area (Å²) in [7, 11) is 0. The van der Waals surface area contributed by atoms with Crippen LogP contribution in [-0.2, 0) is 4.79 Å². The van der Waals surface area contributed by atoms with Gasteiger partial charge in [-0.15, -0.1) is 0 Å². The molecule has 19 heavy (non-hydrogen) atoms. The number of hydrogen-bond donors (Lipinski definition) is 0. The fourth-order valence-electron chi connectivity index (χ4n) is 1.56. The Balaban J connectivity index is 2.52. The van der Waals surface area contributed by atoms with Crippen LogP contribution in [-0.4, -0.2) is 17.4 Å². The van der Waals surface area contributed by atoms with Gasteiger partial charge >= 0.3 is 0 Å². The lowest BCUT2D eigenvalue weighted by Crippen LogP contribution is -2.10. The van der Waals surface area contributed by atoms with Gasteiger partial charge in [0, 0.05) is 16.3 Å². The van der Waals surface area contributed by atoms with Crippen LogP contribution in [0, 0.1) is 0 Å². The first kappa shape index (κ1) is 14.8. The summed E-state index contributed by atoms with van der Waals surface area (Å²) in [5.41, 5.74) is 0.623. The van der Waals surface area contributed by atoms with Gasteiger partial charge in [-0.1, -0.05) is 34.5 Å². The number of pyridine rings is 1. The highest BCUT2D eigenvalue weighted by Crippen LogP contribution is 2.38. The maximum Gasteiger partial charge on any atom is 0.169 e. The van der Waals surface area contributed by atoms with Gasteiger partial charge in [0.1, 0.15) is 17.3 Å². The number of carbonyl (C=O) groups excluding carboxylic acids is 1. The molecule has 0 saturated carbocycles. The lowest BCUT2D eigenvalue weighted by Gasteiger charge is -2.11. The van der Waals surface area contributed by atoms with E-state index in [1.165, 1.54) is 0 Å². The van der Waals surface area contributed by atoms with Gasteiger partial charge in [0.15, 0.2) is 11.5 Å². The Kier molecular flexibility index (Phi) is 4.81. The van der Waals surface area contributed by atoms with Crippen LogP contribution in [0.3, 0.4) is 0 Å². The highest BCUT2D eigenvalue weighted by molar-refractivity contribution is 9.11. The van der Waals surface area contributed by atoms with E-state index in [2.05, 4.69) is 36.8 Å². The third-order valence-electron chi connectivity index (χ3n) is 2.58. The van der Waals surface area contributed by atoms with Gasteiger partial charge in [0.05, 0.1) is 4.47 Å². The summed E-state index contributed by atoms with van der Waals surface area (Å²) in [6, 6.07) is 5.43. The van der Waals surface area contributed by atoms with Crippen LogP contribution in [0.2, 0.25) is 5.15 Å². The van der Waals surface area contributed by atoms with Gasteiger partial charge < -0.3 is 4.74 Å². The lowest BCUT2D eigenvalue weighted by molar-refractivity contribution is -0.120. The molecule has 2 rings (SSSR count). The monoisotopic (exact) mass is 405 g/mol. The number of ketones is 1. The highest BCUT2D eigenvalue weighted by atomic mass is 79.9. The van der Waals surface area contributed by atoms with Crippen LogP contribution in [0.4, 0.5) is 0 Å². The summed E-state index contributed by atoms with van der Waals surface area (Å²) in [5, 5.41) is 1.26. The number of carbonyl (C=O) groups is 1. The van der Waals surface area contributed by atoms with E-state index >= 15 is 0 Å². The second-order valence-corrected chi connectivity index (χ2v) is 5.98. The number of rotatable bonds is 4. The Morgan fingerprint density at radius 3 is 2.79 bits per heavy atom. The highest BCUT2D eigenvalue weighted by Gasteiger charge is 2.14. The first-order valence-corrected chi connectivity index (χ1v) is 7.58. The molecule has 0 radical (unpaired) electrons. The van der Waals surface area contributed by atoms with Crippen LogP contribution in [0.15, 0.2) is 27.1 Å². The van der Waals surface area contributed by atoms with E-state index in [-0.39, 0.29) is 12.4 Å². The van der Waals surface area contributed by atoms with Gasteiger partial charge in [-0.05, 0) is 34.1 Å². The van der Waals surface area contributed by atoms with Crippen molar-refractivity contribution >= 4 is 60.1 Å². The van der Waals surface area contributed by atoms with Crippen molar-refractivity contribution in [3.05, 3.63) is 32.3 Å². The fraction of sp³-hybridized carbons (Fsp3) is 0.231. The van der Waals surface area contributed by atoms with Crippen LogP contribution in [0.5, 0.6) is 5.75 Å². The molecule has 0 unspecified atom stereocenters. The molecule has 1 aromatic heterocycles. The summed E-state index contributed by atoms with van der Waals surface area (Å²) in [6.45, 7) is 1.83.